The van der Waals surface area contributed by atoms with Crippen LogP contribution >= 0.6 is 0 Å². The Kier molecular flexibility index (Phi) is 4.58. The van der Waals surface area contributed by atoms with Gasteiger partial charge in [0.25, 0.3) is 0 Å². The molecule has 106 valence electrons. The summed E-state index contributed by atoms with van der Waals surface area (Å²) in [5, 5.41) is 3.36. The number of aromatic nitrogens is 2. The van der Waals surface area contributed by atoms with Crippen LogP contribution in [0.4, 0.5) is 11.6 Å². The van der Waals surface area contributed by atoms with Crippen LogP contribution in [0.3, 0.4) is 0 Å². The minimum Gasteiger partial charge on any atom is -0.364 e. The maximum Gasteiger partial charge on any atom is 0.134 e. The Hall–Kier alpha value is -1.36. The molecular formula is C14H25N5. The highest BCUT2D eigenvalue weighted by Gasteiger charge is 2.17. The number of nitrogens with two attached hydrogens (primary N) is 1. The zero-order valence-electron chi connectivity index (χ0n) is 12.0. The van der Waals surface area contributed by atoms with Crippen LogP contribution in [0, 0.1) is 0 Å². The predicted octanol–water partition coefficient (Wildman–Crippen LogP) is 2.01. The van der Waals surface area contributed by atoms with E-state index < -0.39 is 0 Å². The first kappa shape index (κ1) is 14.1. The van der Waals surface area contributed by atoms with Crippen molar-refractivity contribution in [1.82, 2.24) is 9.97 Å². The molecule has 1 aliphatic heterocycles. The minimum atomic E-state index is -0.148. The van der Waals surface area contributed by atoms with Crippen LogP contribution in [-0.2, 0) is 0 Å². The summed E-state index contributed by atoms with van der Waals surface area (Å²) in [6.07, 6.45) is 6.79. The Labute approximate surface area is 115 Å². The molecular weight excluding hydrogens is 238 g/mol. The highest BCUT2D eigenvalue weighted by atomic mass is 15.2. The van der Waals surface area contributed by atoms with Gasteiger partial charge in [0.05, 0.1) is 0 Å². The van der Waals surface area contributed by atoms with Gasteiger partial charge in [0.2, 0.25) is 0 Å². The van der Waals surface area contributed by atoms with E-state index in [1.165, 1.54) is 25.7 Å². The molecule has 0 amide bonds. The van der Waals surface area contributed by atoms with Crippen LogP contribution in [0.2, 0.25) is 0 Å². The molecule has 0 atom stereocenters. The summed E-state index contributed by atoms with van der Waals surface area (Å²) in [4.78, 5) is 11.0. The molecule has 1 aromatic rings. The molecule has 0 saturated carbocycles. The lowest BCUT2D eigenvalue weighted by Crippen LogP contribution is -2.39. The molecule has 0 radical (unpaired) electrons. The molecule has 5 heteroatoms. The van der Waals surface area contributed by atoms with Gasteiger partial charge in [0.1, 0.15) is 18.0 Å². The number of anilines is 2. The fourth-order valence-corrected chi connectivity index (χ4v) is 2.29. The second-order valence-corrected chi connectivity index (χ2v) is 5.88. The van der Waals surface area contributed by atoms with Crippen LogP contribution in [-0.4, -0.2) is 35.1 Å². The summed E-state index contributed by atoms with van der Waals surface area (Å²) in [7, 11) is 0. The van der Waals surface area contributed by atoms with Crippen molar-refractivity contribution in [2.45, 2.75) is 45.1 Å². The van der Waals surface area contributed by atoms with Crippen molar-refractivity contribution in [2.75, 3.05) is 29.9 Å². The average Bonchev–Trinajstić information content (AvgIpc) is 2.67. The molecule has 0 spiro atoms. The quantitative estimate of drug-likeness (QED) is 0.869. The molecule has 1 aromatic heterocycles. The van der Waals surface area contributed by atoms with E-state index in [0.29, 0.717) is 6.54 Å². The van der Waals surface area contributed by atoms with Gasteiger partial charge in [-0.3, -0.25) is 0 Å². The molecule has 1 saturated heterocycles. The third kappa shape index (κ3) is 4.06. The van der Waals surface area contributed by atoms with Gasteiger partial charge in [-0.15, -0.1) is 0 Å². The third-order valence-corrected chi connectivity index (χ3v) is 3.56. The molecule has 0 aliphatic carbocycles. The lowest BCUT2D eigenvalue weighted by atomic mass is 10.1. The summed E-state index contributed by atoms with van der Waals surface area (Å²) in [5.41, 5.74) is 5.59. The van der Waals surface area contributed by atoms with Gasteiger partial charge < -0.3 is 16.0 Å². The van der Waals surface area contributed by atoms with Gasteiger partial charge in [-0.25, -0.2) is 9.97 Å². The topological polar surface area (TPSA) is 67.1 Å². The molecule has 1 aliphatic rings. The molecule has 2 heterocycles. The van der Waals surface area contributed by atoms with Crippen molar-refractivity contribution in [1.29, 1.82) is 0 Å². The first-order valence-corrected chi connectivity index (χ1v) is 7.16. The fraction of sp³-hybridized carbons (Fsp3) is 0.714. The molecule has 0 unspecified atom stereocenters. The SMILES string of the molecule is CC(C)(CN)Nc1cc(N2CCCCCC2)ncn1. The van der Waals surface area contributed by atoms with Crippen molar-refractivity contribution in [3.8, 4) is 0 Å². The molecule has 2 rings (SSSR count). The maximum absolute atomic E-state index is 5.74. The molecule has 5 nitrogen and oxygen atoms in total. The van der Waals surface area contributed by atoms with Crippen LogP contribution in [0.25, 0.3) is 0 Å². The van der Waals surface area contributed by atoms with Crippen molar-refractivity contribution < 1.29 is 0 Å². The molecule has 3 N–H and O–H groups in total. The fourth-order valence-electron chi connectivity index (χ4n) is 2.29. The summed E-state index contributed by atoms with van der Waals surface area (Å²) < 4.78 is 0. The van der Waals surface area contributed by atoms with Gasteiger partial charge in [-0.1, -0.05) is 12.8 Å². The number of nitrogens with zero attached hydrogens (tertiary/aromatic N) is 3. The second kappa shape index (κ2) is 6.19. The molecule has 0 bridgehead atoms. The third-order valence-electron chi connectivity index (χ3n) is 3.56. The Balaban J connectivity index is 2.09. The average molecular weight is 263 g/mol. The van der Waals surface area contributed by atoms with E-state index >= 15 is 0 Å². The van der Waals surface area contributed by atoms with Crippen molar-refractivity contribution in [2.24, 2.45) is 5.73 Å². The smallest absolute Gasteiger partial charge is 0.134 e. The first-order chi connectivity index (χ1) is 9.11. The number of rotatable bonds is 4. The zero-order valence-corrected chi connectivity index (χ0v) is 12.0. The van der Waals surface area contributed by atoms with Crippen molar-refractivity contribution in [3.05, 3.63) is 12.4 Å². The standard InChI is InChI=1S/C14H25N5/c1-14(2,10-15)18-12-9-13(17-11-16-12)19-7-5-3-4-6-8-19/h9,11H,3-8,10,15H2,1-2H3,(H,16,17,18). The minimum absolute atomic E-state index is 0.148. The highest BCUT2D eigenvalue weighted by Crippen LogP contribution is 2.20. The zero-order chi connectivity index (χ0) is 13.7. The Morgan fingerprint density at radius 1 is 1.21 bits per heavy atom. The Bertz CT molecular complexity index is 397. The monoisotopic (exact) mass is 263 g/mol. The van der Waals surface area contributed by atoms with Crippen LogP contribution in [0.5, 0.6) is 0 Å². The van der Waals surface area contributed by atoms with E-state index in [0.717, 1.165) is 24.7 Å². The van der Waals surface area contributed by atoms with Crippen LogP contribution < -0.4 is 16.0 Å². The summed E-state index contributed by atoms with van der Waals surface area (Å²) in [5.74, 6) is 1.87. The maximum atomic E-state index is 5.74. The van der Waals surface area contributed by atoms with Gasteiger partial charge >= 0.3 is 0 Å². The van der Waals surface area contributed by atoms with Crippen LogP contribution in [0.1, 0.15) is 39.5 Å². The number of hydrogen-bond donors (Lipinski definition) is 2. The van der Waals surface area contributed by atoms with Gasteiger partial charge in [0.15, 0.2) is 0 Å². The first-order valence-electron chi connectivity index (χ1n) is 7.16. The van der Waals surface area contributed by atoms with E-state index in [2.05, 4.69) is 34.0 Å². The molecule has 19 heavy (non-hydrogen) atoms. The van der Waals surface area contributed by atoms with E-state index in [1.54, 1.807) is 6.33 Å². The molecule has 1 fully saturated rings. The predicted molar refractivity (Wildman–Crippen MR) is 79.5 cm³/mol. The lowest BCUT2D eigenvalue weighted by molar-refractivity contribution is 0.577. The molecule has 0 aromatic carbocycles. The van der Waals surface area contributed by atoms with Crippen molar-refractivity contribution in [3.63, 3.8) is 0 Å². The lowest BCUT2D eigenvalue weighted by Gasteiger charge is -2.26. The van der Waals surface area contributed by atoms with Gasteiger partial charge in [-0.05, 0) is 26.7 Å². The van der Waals surface area contributed by atoms with E-state index in [9.17, 15) is 0 Å². The summed E-state index contributed by atoms with van der Waals surface area (Å²) >= 11 is 0. The van der Waals surface area contributed by atoms with Gasteiger partial charge in [-0.2, -0.15) is 0 Å². The van der Waals surface area contributed by atoms with Gasteiger partial charge in [0, 0.05) is 31.2 Å². The summed E-state index contributed by atoms with van der Waals surface area (Å²) in [6, 6.07) is 2.03. The normalized spacial score (nSPS) is 17.1. The largest absolute Gasteiger partial charge is 0.364 e. The van der Waals surface area contributed by atoms with E-state index in [4.69, 9.17) is 5.73 Å². The van der Waals surface area contributed by atoms with E-state index in [1.807, 2.05) is 6.07 Å². The Morgan fingerprint density at radius 3 is 2.53 bits per heavy atom. The van der Waals surface area contributed by atoms with Crippen LogP contribution in [0.15, 0.2) is 12.4 Å². The Morgan fingerprint density at radius 2 is 1.89 bits per heavy atom. The van der Waals surface area contributed by atoms with E-state index in [-0.39, 0.29) is 5.54 Å². The highest BCUT2D eigenvalue weighted by molar-refractivity contribution is 5.49. The number of nitrogens with one attached hydrogen (secondary N) is 1. The number of hydrogen-bond acceptors (Lipinski definition) is 5. The summed E-state index contributed by atoms with van der Waals surface area (Å²) in [6.45, 7) is 6.89. The van der Waals surface area contributed by atoms with Crippen molar-refractivity contribution >= 4 is 11.6 Å². The second-order valence-electron chi connectivity index (χ2n) is 5.88.